The van der Waals surface area contributed by atoms with Crippen molar-refractivity contribution in [3.63, 3.8) is 0 Å². The lowest BCUT2D eigenvalue weighted by Gasteiger charge is -2.34. The molecule has 0 amide bonds. The van der Waals surface area contributed by atoms with Gasteiger partial charge in [0.2, 0.25) is 0 Å². The van der Waals surface area contributed by atoms with E-state index in [1.807, 2.05) is 13.9 Å². The largest absolute Gasteiger partial charge is 0.383 e. The number of hydrogen-bond donors (Lipinski definition) is 4. The monoisotopic (exact) mass is 567 g/mol. The second-order valence-electron chi connectivity index (χ2n) is 11.7. The van der Waals surface area contributed by atoms with Crippen molar-refractivity contribution in [2.45, 2.75) is 51.0 Å². The SMILES string of the molecule is BC(Nc1cc(Cl)c2ncc(C#N)c(NCC(C)(C)C)c2c1)(C1=CN(C2(C(F)F)CC2)NN1)c1ccc(F)cc1. The van der Waals surface area contributed by atoms with E-state index in [0.717, 1.165) is 0 Å². The first kappa shape index (κ1) is 27.9. The lowest BCUT2D eigenvalue weighted by atomic mass is 9.69. The van der Waals surface area contributed by atoms with E-state index in [1.165, 1.54) is 23.3 Å². The maximum absolute atomic E-state index is 13.9. The Morgan fingerprint density at radius 3 is 2.52 bits per heavy atom. The summed E-state index contributed by atoms with van der Waals surface area (Å²) in [5, 5.41) is 19.1. The standard InChI is InChI=1S/C28H30BClF3N7/c1-26(2,3)15-36-23-16(12-34)13-35-24-20(23)10-19(11-21(24)30)37-28(29,17-4-6-18(31)7-5-17)22-14-40(39-38-22)27(8-9-27)25(32)33/h4-7,10-11,13-14,25,37-39H,8-9,15,29H2,1-3H3,(H,35,36). The molecule has 1 unspecified atom stereocenters. The number of hydrogen-bond acceptors (Lipinski definition) is 7. The number of hydrazine groups is 2. The highest BCUT2D eigenvalue weighted by atomic mass is 35.5. The number of halogens is 4. The third kappa shape index (κ3) is 5.14. The van der Waals surface area contributed by atoms with Gasteiger partial charge in [0.1, 0.15) is 25.3 Å². The predicted molar refractivity (Wildman–Crippen MR) is 154 cm³/mol. The van der Waals surface area contributed by atoms with E-state index in [4.69, 9.17) is 11.6 Å². The van der Waals surface area contributed by atoms with Crippen molar-refractivity contribution in [1.82, 2.24) is 21.0 Å². The van der Waals surface area contributed by atoms with Gasteiger partial charge < -0.3 is 16.1 Å². The van der Waals surface area contributed by atoms with Gasteiger partial charge in [-0.05, 0) is 48.1 Å². The number of benzene rings is 2. The van der Waals surface area contributed by atoms with Crippen LogP contribution in [0.15, 0.2) is 54.5 Å². The van der Waals surface area contributed by atoms with Crippen molar-refractivity contribution in [2.24, 2.45) is 5.41 Å². The molecule has 7 nitrogen and oxygen atoms in total. The lowest BCUT2D eigenvalue weighted by Crippen LogP contribution is -2.49. The zero-order valence-corrected chi connectivity index (χ0v) is 23.4. The minimum absolute atomic E-state index is 0.0558. The average Bonchev–Trinajstić information content (AvgIpc) is 3.56. The number of anilines is 2. The molecule has 2 heterocycles. The minimum atomic E-state index is -2.53. The third-order valence-corrected chi connectivity index (χ3v) is 7.70. The number of alkyl halides is 2. The molecule has 1 saturated carbocycles. The van der Waals surface area contributed by atoms with Crippen LogP contribution in [-0.2, 0) is 5.44 Å². The number of rotatable bonds is 8. The maximum Gasteiger partial charge on any atom is 0.262 e. The normalized spacial score (nSPS) is 17.7. The van der Waals surface area contributed by atoms with Crippen LogP contribution < -0.4 is 21.6 Å². The van der Waals surface area contributed by atoms with Gasteiger partial charge in [0.05, 0.1) is 32.9 Å². The number of nitriles is 1. The van der Waals surface area contributed by atoms with Crippen LogP contribution in [0.3, 0.4) is 0 Å². The van der Waals surface area contributed by atoms with E-state index >= 15 is 0 Å². The van der Waals surface area contributed by atoms with E-state index in [2.05, 4.69) is 53.4 Å². The number of pyridine rings is 1. The average molecular weight is 568 g/mol. The molecule has 1 aliphatic carbocycles. The van der Waals surface area contributed by atoms with Gasteiger partial charge >= 0.3 is 0 Å². The van der Waals surface area contributed by atoms with Crippen LogP contribution in [0.5, 0.6) is 0 Å². The topological polar surface area (TPSA) is 88.0 Å². The molecule has 2 aliphatic rings. The van der Waals surface area contributed by atoms with Crippen molar-refractivity contribution < 1.29 is 13.2 Å². The summed E-state index contributed by atoms with van der Waals surface area (Å²) in [6.07, 6.45) is 1.33. The van der Waals surface area contributed by atoms with E-state index in [9.17, 15) is 18.4 Å². The zero-order valence-electron chi connectivity index (χ0n) is 22.7. The minimum Gasteiger partial charge on any atom is -0.383 e. The van der Waals surface area contributed by atoms with Gasteiger partial charge in [-0.15, -0.1) is 5.53 Å². The van der Waals surface area contributed by atoms with Crippen molar-refractivity contribution >= 4 is 41.7 Å². The highest BCUT2D eigenvalue weighted by molar-refractivity contribution is 6.36. The summed E-state index contributed by atoms with van der Waals surface area (Å²) in [5.74, 6) is -0.396. The molecular weight excluding hydrogens is 538 g/mol. The summed E-state index contributed by atoms with van der Waals surface area (Å²) in [7, 11) is 1.87. The third-order valence-electron chi connectivity index (χ3n) is 7.41. The van der Waals surface area contributed by atoms with Crippen LogP contribution >= 0.6 is 11.6 Å². The molecule has 40 heavy (non-hydrogen) atoms. The van der Waals surface area contributed by atoms with Crippen LogP contribution in [-0.4, -0.2) is 36.3 Å². The fourth-order valence-electron chi connectivity index (χ4n) is 4.83. The number of fused-ring (bicyclic) bond motifs is 1. The van der Waals surface area contributed by atoms with Crippen molar-refractivity contribution in [3.05, 3.63) is 76.5 Å². The van der Waals surface area contributed by atoms with Crippen molar-refractivity contribution in [2.75, 3.05) is 17.2 Å². The summed E-state index contributed by atoms with van der Waals surface area (Å²) < 4.78 is 41.6. The van der Waals surface area contributed by atoms with E-state index in [-0.39, 0.29) is 5.41 Å². The van der Waals surface area contributed by atoms with Gasteiger partial charge in [-0.1, -0.05) is 44.5 Å². The first-order chi connectivity index (χ1) is 18.9. The fourth-order valence-corrected chi connectivity index (χ4v) is 5.10. The first-order valence-electron chi connectivity index (χ1n) is 13.0. The molecule has 0 radical (unpaired) electrons. The summed E-state index contributed by atoms with van der Waals surface area (Å²) in [5.41, 5.74) is 6.94. The van der Waals surface area contributed by atoms with Crippen LogP contribution in [0.1, 0.15) is 44.7 Å². The Morgan fingerprint density at radius 1 is 1.23 bits per heavy atom. The Bertz CT molecular complexity index is 1510. The Balaban J connectivity index is 1.60. The second-order valence-corrected chi connectivity index (χ2v) is 12.1. The second kappa shape index (κ2) is 10.1. The molecule has 0 bridgehead atoms. The van der Waals surface area contributed by atoms with Crippen LogP contribution in [0.25, 0.3) is 10.9 Å². The van der Waals surface area contributed by atoms with Gasteiger partial charge in [0.25, 0.3) is 6.43 Å². The van der Waals surface area contributed by atoms with Crippen LogP contribution in [0.2, 0.25) is 5.02 Å². The van der Waals surface area contributed by atoms with Gasteiger partial charge in [-0.2, -0.15) is 5.26 Å². The van der Waals surface area contributed by atoms with Crippen LogP contribution in [0.4, 0.5) is 24.5 Å². The zero-order chi connectivity index (χ0) is 28.9. The maximum atomic E-state index is 13.9. The molecular formula is C28H30BClF3N7. The number of nitrogens with zero attached hydrogens (tertiary/aromatic N) is 3. The fraction of sp³-hybridized carbons (Fsp3) is 0.357. The first-order valence-corrected chi connectivity index (χ1v) is 13.4. The molecule has 12 heteroatoms. The molecule has 1 fully saturated rings. The van der Waals surface area contributed by atoms with Crippen molar-refractivity contribution in [1.29, 1.82) is 5.26 Å². The molecule has 2 aromatic carbocycles. The van der Waals surface area contributed by atoms with E-state index < -0.39 is 23.2 Å². The van der Waals surface area contributed by atoms with Crippen LogP contribution in [0, 0.1) is 22.6 Å². The Kier molecular flexibility index (Phi) is 7.05. The van der Waals surface area contributed by atoms with Gasteiger partial charge in [0.15, 0.2) is 0 Å². The molecule has 0 saturated heterocycles. The van der Waals surface area contributed by atoms with E-state index in [0.29, 0.717) is 63.5 Å². The van der Waals surface area contributed by atoms with Gasteiger partial charge in [-0.25, -0.2) is 13.2 Å². The predicted octanol–water partition coefficient (Wildman–Crippen LogP) is 5.22. The molecule has 5 rings (SSSR count). The lowest BCUT2D eigenvalue weighted by molar-refractivity contribution is 0.00910. The summed E-state index contributed by atoms with van der Waals surface area (Å²) >= 11 is 6.70. The number of nitrogens with one attached hydrogen (secondary N) is 4. The molecule has 208 valence electrons. The van der Waals surface area contributed by atoms with Crippen molar-refractivity contribution in [3.8, 4) is 6.07 Å². The molecule has 1 aliphatic heterocycles. The van der Waals surface area contributed by atoms with Gasteiger partial charge in [0, 0.05) is 30.0 Å². The molecule has 0 spiro atoms. The summed E-state index contributed by atoms with van der Waals surface area (Å²) in [6, 6.07) is 11.8. The summed E-state index contributed by atoms with van der Waals surface area (Å²) in [6.45, 7) is 6.86. The Labute approximate surface area is 237 Å². The van der Waals surface area contributed by atoms with Gasteiger partial charge in [-0.3, -0.25) is 9.99 Å². The van der Waals surface area contributed by atoms with E-state index in [1.54, 1.807) is 24.4 Å². The molecule has 1 atom stereocenters. The summed E-state index contributed by atoms with van der Waals surface area (Å²) in [4.78, 5) is 4.42. The Hall–Kier alpha value is -3.62. The highest BCUT2D eigenvalue weighted by Gasteiger charge is 2.57. The molecule has 4 N–H and O–H groups in total. The smallest absolute Gasteiger partial charge is 0.262 e. The Morgan fingerprint density at radius 2 is 1.93 bits per heavy atom. The molecule has 3 aromatic rings. The highest BCUT2D eigenvalue weighted by Crippen LogP contribution is 2.47. The quantitative estimate of drug-likeness (QED) is 0.278. The molecule has 1 aromatic heterocycles. The number of aromatic nitrogens is 1.